The summed E-state index contributed by atoms with van der Waals surface area (Å²) in [6.07, 6.45) is 26.1. The van der Waals surface area contributed by atoms with Crippen molar-refractivity contribution in [3.05, 3.63) is 0 Å². The third kappa shape index (κ3) is 22.0. The maximum Gasteiger partial charge on any atom is 0.0980 e. The van der Waals surface area contributed by atoms with Crippen molar-refractivity contribution in [1.29, 1.82) is 0 Å². The minimum Gasteiger partial charge on any atom is -0.230 e. The van der Waals surface area contributed by atoms with E-state index in [0.29, 0.717) is 0 Å². The van der Waals surface area contributed by atoms with Crippen LogP contribution in [0.15, 0.2) is 0 Å². The predicted molar refractivity (Wildman–Crippen MR) is 108 cm³/mol. The summed E-state index contributed by atoms with van der Waals surface area (Å²) in [6, 6.07) is 0. The third-order valence-electron chi connectivity index (χ3n) is 5.13. The molecule has 0 aromatic rings. The van der Waals surface area contributed by atoms with E-state index in [2.05, 4.69) is 6.92 Å². The van der Waals surface area contributed by atoms with Gasteiger partial charge in [-0.1, -0.05) is 122 Å². The van der Waals surface area contributed by atoms with Crippen LogP contribution in [-0.2, 0) is 5.11 Å². The zero-order valence-corrected chi connectivity index (χ0v) is 17.3. The molecule has 0 aromatic carbocycles. The van der Waals surface area contributed by atoms with Crippen molar-refractivity contribution in [1.82, 2.24) is 0 Å². The first kappa shape index (κ1) is 24.0. The normalized spacial score (nSPS) is 12.0. The molecule has 0 unspecified atom stereocenters. The van der Waals surface area contributed by atoms with Crippen LogP contribution < -0.4 is 0 Å². The van der Waals surface area contributed by atoms with E-state index in [0.717, 1.165) is 12.8 Å². The number of hydrogen-bond acceptors (Lipinski definition) is 0. The van der Waals surface area contributed by atoms with Gasteiger partial charge in [-0.2, -0.15) is 0 Å². The van der Waals surface area contributed by atoms with Crippen LogP contribution in [0.5, 0.6) is 0 Å². The molecule has 0 spiro atoms. The van der Waals surface area contributed by atoms with E-state index in [1.165, 1.54) is 109 Å². The minimum absolute atomic E-state index is 0.713. The van der Waals surface area contributed by atoms with Crippen LogP contribution in [0.1, 0.15) is 143 Å². The third-order valence-corrected chi connectivity index (χ3v) is 5.13. The topological polar surface area (TPSA) is 19.9 Å². The second-order valence-corrected chi connectivity index (χ2v) is 8.52. The predicted octanol–water partition coefficient (Wildman–Crippen LogP) is 8.63. The van der Waals surface area contributed by atoms with E-state index in [4.69, 9.17) is 0 Å². The van der Waals surface area contributed by atoms with Crippen LogP contribution in [0.25, 0.3) is 0 Å². The fourth-order valence-corrected chi connectivity index (χ4v) is 3.45. The van der Waals surface area contributed by atoms with Crippen LogP contribution in [-0.4, -0.2) is 5.60 Å². The molecule has 0 aromatic heterocycles. The van der Waals surface area contributed by atoms with E-state index < -0.39 is 5.60 Å². The van der Waals surface area contributed by atoms with E-state index >= 15 is 0 Å². The first-order valence-electron chi connectivity index (χ1n) is 11.3. The lowest BCUT2D eigenvalue weighted by Crippen LogP contribution is -2.15. The van der Waals surface area contributed by atoms with Crippen molar-refractivity contribution >= 4 is 0 Å². The largest absolute Gasteiger partial charge is 0.230 e. The van der Waals surface area contributed by atoms with Crippen LogP contribution in [0.4, 0.5) is 0 Å². The molecule has 0 saturated carbocycles. The standard InChI is InChI=1S/C23H47O/c1-4-5-6-7-8-9-10-11-12-13-14-15-16-17-18-19-20-21-22-23(2,3)24/h4-22H2,1-3H3. The summed E-state index contributed by atoms with van der Waals surface area (Å²) in [5.41, 5.74) is -0.713. The Labute approximate surface area is 154 Å². The average Bonchev–Trinajstić information content (AvgIpc) is 2.52. The Balaban J connectivity index is 3.00. The molecule has 1 radical (unpaired) electrons. The van der Waals surface area contributed by atoms with Crippen LogP contribution >= 0.6 is 0 Å². The van der Waals surface area contributed by atoms with E-state index in [-0.39, 0.29) is 0 Å². The summed E-state index contributed by atoms with van der Waals surface area (Å²) < 4.78 is 0. The number of hydrogen-bond donors (Lipinski definition) is 0. The summed E-state index contributed by atoms with van der Waals surface area (Å²) in [5.74, 6) is 0. The molecular formula is C23H47O. The smallest absolute Gasteiger partial charge is 0.0980 e. The van der Waals surface area contributed by atoms with Crippen molar-refractivity contribution in [2.45, 2.75) is 148 Å². The van der Waals surface area contributed by atoms with Gasteiger partial charge >= 0.3 is 0 Å². The van der Waals surface area contributed by atoms with Gasteiger partial charge in [-0.25, -0.2) is 5.11 Å². The van der Waals surface area contributed by atoms with Crippen molar-refractivity contribution in [3.63, 3.8) is 0 Å². The monoisotopic (exact) mass is 339 g/mol. The molecule has 0 amide bonds. The van der Waals surface area contributed by atoms with Gasteiger partial charge in [0.1, 0.15) is 0 Å². The molecule has 0 N–H and O–H groups in total. The maximum absolute atomic E-state index is 11.5. The summed E-state index contributed by atoms with van der Waals surface area (Å²) in [4.78, 5) is 0. The molecule has 0 atom stereocenters. The number of unbranched alkanes of at least 4 members (excludes halogenated alkanes) is 17. The zero-order valence-electron chi connectivity index (χ0n) is 17.3. The zero-order chi connectivity index (χ0) is 17.9. The van der Waals surface area contributed by atoms with Crippen molar-refractivity contribution in [2.75, 3.05) is 0 Å². The van der Waals surface area contributed by atoms with E-state index in [1.54, 1.807) is 13.8 Å². The molecule has 0 bridgehead atoms. The van der Waals surface area contributed by atoms with Gasteiger partial charge < -0.3 is 0 Å². The van der Waals surface area contributed by atoms with Gasteiger partial charge in [0.05, 0.1) is 5.60 Å². The lowest BCUT2D eigenvalue weighted by molar-refractivity contribution is -0.00511. The van der Waals surface area contributed by atoms with Gasteiger partial charge in [-0.15, -0.1) is 0 Å². The van der Waals surface area contributed by atoms with Crippen LogP contribution in [0.2, 0.25) is 0 Å². The molecule has 0 heterocycles. The molecule has 24 heavy (non-hydrogen) atoms. The minimum atomic E-state index is -0.713. The summed E-state index contributed by atoms with van der Waals surface area (Å²) in [5, 5.41) is 11.5. The first-order valence-corrected chi connectivity index (χ1v) is 11.3. The highest BCUT2D eigenvalue weighted by Crippen LogP contribution is 2.17. The fourth-order valence-electron chi connectivity index (χ4n) is 3.45. The molecule has 1 nitrogen and oxygen atoms in total. The van der Waals surface area contributed by atoms with E-state index in [1.807, 2.05) is 0 Å². The second kappa shape index (κ2) is 17.8. The maximum atomic E-state index is 11.5. The Bertz CT molecular complexity index is 229. The Morgan fingerprint density at radius 2 is 0.708 bits per heavy atom. The quantitative estimate of drug-likeness (QED) is 0.210. The molecule has 0 aliphatic rings. The Hall–Kier alpha value is -0.0400. The summed E-state index contributed by atoms with van der Waals surface area (Å²) in [6.45, 7) is 5.90. The van der Waals surface area contributed by atoms with Crippen LogP contribution in [0.3, 0.4) is 0 Å². The van der Waals surface area contributed by atoms with Gasteiger partial charge in [-0.3, -0.25) is 0 Å². The van der Waals surface area contributed by atoms with Crippen molar-refractivity contribution in [2.24, 2.45) is 0 Å². The molecule has 145 valence electrons. The first-order chi connectivity index (χ1) is 11.6. The lowest BCUT2D eigenvalue weighted by Gasteiger charge is -2.13. The molecular weight excluding hydrogens is 292 g/mol. The molecule has 0 aliphatic heterocycles. The van der Waals surface area contributed by atoms with Gasteiger partial charge in [0.2, 0.25) is 0 Å². The van der Waals surface area contributed by atoms with Crippen LogP contribution in [0, 0.1) is 0 Å². The molecule has 1 heteroatoms. The van der Waals surface area contributed by atoms with Gasteiger partial charge in [-0.05, 0) is 20.3 Å². The molecule has 0 saturated heterocycles. The summed E-state index contributed by atoms with van der Waals surface area (Å²) in [7, 11) is 0. The van der Waals surface area contributed by atoms with Gasteiger partial charge in [0, 0.05) is 0 Å². The Morgan fingerprint density at radius 1 is 0.458 bits per heavy atom. The molecule has 0 aliphatic carbocycles. The van der Waals surface area contributed by atoms with Gasteiger partial charge in [0.25, 0.3) is 0 Å². The Kier molecular flexibility index (Phi) is 17.7. The Morgan fingerprint density at radius 3 is 0.958 bits per heavy atom. The van der Waals surface area contributed by atoms with E-state index in [9.17, 15) is 5.11 Å². The second-order valence-electron chi connectivity index (χ2n) is 8.52. The highest BCUT2D eigenvalue weighted by molar-refractivity contribution is 4.63. The molecule has 0 fully saturated rings. The SMILES string of the molecule is CCCCCCCCCCCCCCCCCCCCC(C)(C)[O]. The lowest BCUT2D eigenvalue weighted by atomic mass is 9.99. The highest BCUT2D eigenvalue weighted by Gasteiger charge is 2.13. The highest BCUT2D eigenvalue weighted by atomic mass is 16.3. The van der Waals surface area contributed by atoms with Crippen molar-refractivity contribution in [3.8, 4) is 0 Å². The van der Waals surface area contributed by atoms with Crippen molar-refractivity contribution < 1.29 is 5.11 Å². The van der Waals surface area contributed by atoms with Gasteiger partial charge in [0.15, 0.2) is 0 Å². The summed E-state index contributed by atoms with van der Waals surface area (Å²) >= 11 is 0. The fraction of sp³-hybridized carbons (Fsp3) is 1.00. The molecule has 0 rings (SSSR count). The average molecular weight is 340 g/mol. The number of rotatable bonds is 19.